The van der Waals surface area contributed by atoms with Gasteiger partial charge in [0.15, 0.2) is 0 Å². The fourth-order valence-electron chi connectivity index (χ4n) is 2.20. The van der Waals surface area contributed by atoms with Gasteiger partial charge in [-0.15, -0.1) is 0 Å². The summed E-state index contributed by atoms with van der Waals surface area (Å²) in [6, 6.07) is 9.79. The number of carbonyl (C=O) groups excluding carboxylic acids is 1. The van der Waals surface area contributed by atoms with E-state index in [4.69, 9.17) is 0 Å². The van der Waals surface area contributed by atoms with Crippen molar-refractivity contribution in [1.29, 1.82) is 0 Å². The maximum atomic E-state index is 12.6. The molecule has 0 aliphatic heterocycles. The molecule has 0 saturated carbocycles. The van der Waals surface area contributed by atoms with Crippen molar-refractivity contribution >= 4 is 11.6 Å². The quantitative estimate of drug-likeness (QED) is 0.628. The Hall–Kier alpha value is -2.76. The summed E-state index contributed by atoms with van der Waals surface area (Å²) in [6.07, 6.45) is 1.64. The molecule has 0 bridgehead atoms. The Morgan fingerprint density at radius 3 is 2.73 bits per heavy atom. The van der Waals surface area contributed by atoms with Crippen LogP contribution in [-0.2, 0) is 6.54 Å². The zero-order valence-electron chi connectivity index (χ0n) is 12.5. The molecule has 2 rings (SSSR count). The zero-order valence-corrected chi connectivity index (χ0v) is 12.5. The van der Waals surface area contributed by atoms with E-state index in [-0.39, 0.29) is 11.6 Å². The Kier molecular flexibility index (Phi) is 4.83. The Balaban J connectivity index is 2.22. The van der Waals surface area contributed by atoms with Crippen LogP contribution in [0.25, 0.3) is 0 Å². The molecule has 1 aromatic carbocycles. The first-order valence-electron chi connectivity index (χ1n) is 6.97. The first kappa shape index (κ1) is 15.6. The highest BCUT2D eigenvalue weighted by atomic mass is 16.6. The van der Waals surface area contributed by atoms with Crippen LogP contribution in [0.2, 0.25) is 0 Å². The summed E-state index contributed by atoms with van der Waals surface area (Å²) in [4.78, 5) is 28.7. The predicted octanol–water partition coefficient (Wildman–Crippen LogP) is 2.96. The monoisotopic (exact) mass is 299 g/mol. The lowest BCUT2D eigenvalue weighted by atomic mass is 10.1. The van der Waals surface area contributed by atoms with Crippen LogP contribution < -0.4 is 0 Å². The van der Waals surface area contributed by atoms with E-state index < -0.39 is 4.92 Å². The second-order valence-corrected chi connectivity index (χ2v) is 4.88. The first-order valence-corrected chi connectivity index (χ1v) is 6.97. The summed E-state index contributed by atoms with van der Waals surface area (Å²) in [7, 11) is 0. The third-order valence-electron chi connectivity index (χ3n) is 3.40. The van der Waals surface area contributed by atoms with Gasteiger partial charge in [-0.2, -0.15) is 0 Å². The van der Waals surface area contributed by atoms with Crippen LogP contribution in [-0.4, -0.2) is 27.3 Å². The van der Waals surface area contributed by atoms with Gasteiger partial charge in [0.2, 0.25) is 0 Å². The molecule has 22 heavy (non-hydrogen) atoms. The van der Waals surface area contributed by atoms with Crippen LogP contribution in [0.4, 0.5) is 5.69 Å². The summed E-state index contributed by atoms with van der Waals surface area (Å²) < 4.78 is 0. The molecule has 114 valence electrons. The average Bonchev–Trinajstić information content (AvgIpc) is 2.52. The van der Waals surface area contributed by atoms with Gasteiger partial charge in [0.05, 0.1) is 10.5 Å². The summed E-state index contributed by atoms with van der Waals surface area (Å²) >= 11 is 0. The largest absolute Gasteiger partial charge is 0.335 e. The number of benzene rings is 1. The molecule has 2 aromatic rings. The first-order chi connectivity index (χ1) is 10.5. The second kappa shape index (κ2) is 6.80. The van der Waals surface area contributed by atoms with Gasteiger partial charge in [0.1, 0.15) is 0 Å². The van der Waals surface area contributed by atoms with Crippen LogP contribution in [0.5, 0.6) is 0 Å². The molecule has 0 radical (unpaired) electrons. The number of non-ortho nitro benzene ring substituents is 1. The summed E-state index contributed by atoms with van der Waals surface area (Å²) in [5.41, 5.74) is 1.98. The van der Waals surface area contributed by atoms with Crippen LogP contribution in [0, 0.1) is 17.0 Å². The number of nitro benzene ring substituents is 1. The van der Waals surface area contributed by atoms with Crippen molar-refractivity contribution in [3.63, 3.8) is 0 Å². The van der Waals surface area contributed by atoms with Gasteiger partial charge < -0.3 is 4.90 Å². The molecule has 0 spiro atoms. The van der Waals surface area contributed by atoms with Crippen LogP contribution in [0.15, 0.2) is 42.6 Å². The second-order valence-electron chi connectivity index (χ2n) is 4.88. The van der Waals surface area contributed by atoms with Crippen molar-refractivity contribution < 1.29 is 9.72 Å². The van der Waals surface area contributed by atoms with Gasteiger partial charge in [-0.25, -0.2) is 0 Å². The number of aromatic nitrogens is 1. The van der Waals surface area contributed by atoms with Gasteiger partial charge in [-0.3, -0.25) is 19.9 Å². The van der Waals surface area contributed by atoms with Gasteiger partial charge in [0, 0.05) is 37.1 Å². The number of rotatable bonds is 5. The standard InChI is InChI=1S/C16H17N3O3/c1-3-18(16(20)15-8-5-9-17-12(15)2)11-13-6-4-7-14(10-13)19(21)22/h4-10H,3,11H2,1-2H3. The molecular weight excluding hydrogens is 282 g/mol. The van der Waals surface area contributed by atoms with Gasteiger partial charge in [0.25, 0.3) is 11.6 Å². The van der Waals surface area contributed by atoms with Crippen LogP contribution in [0.1, 0.15) is 28.5 Å². The Bertz CT molecular complexity index is 701. The number of pyridine rings is 1. The number of carbonyl (C=O) groups is 1. The normalized spacial score (nSPS) is 10.3. The van der Waals surface area contributed by atoms with E-state index in [1.807, 2.05) is 6.92 Å². The smallest absolute Gasteiger partial charge is 0.269 e. The molecule has 1 heterocycles. The highest BCUT2D eigenvalue weighted by Crippen LogP contribution is 2.16. The highest BCUT2D eigenvalue weighted by Gasteiger charge is 2.17. The van der Waals surface area contributed by atoms with Crippen molar-refractivity contribution in [1.82, 2.24) is 9.88 Å². The molecule has 0 unspecified atom stereocenters. The molecule has 0 aliphatic rings. The lowest BCUT2D eigenvalue weighted by Crippen LogP contribution is -2.31. The van der Waals surface area contributed by atoms with Crippen LogP contribution in [0.3, 0.4) is 0 Å². The summed E-state index contributed by atoms with van der Waals surface area (Å²) in [6.45, 7) is 4.50. The van der Waals surface area contributed by atoms with E-state index in [1.54, 1.807) is 42.3 Å². The van der Waals surface area contributed by atoms with E-state index in [9.17, 15) is 14.9 Å². The fourth-order valence-corrected chi connectivity index (χ4v) is 2.20. The maximum absolute atomic E-state index is 12.6. The minimum atomic E-state index is -0.438. The SMILES string of the molecule is CCN(Cc1cccc([N+](=O)[O-])c1)C(=O)c1cccnc1C. The molecule has 6 nitrogen and oxygen atoms in total. The molecule has 0 atom stereocenters. The predicted molar refractivity (Wildman–Crippen MR) is 82.5 cm³/mol. The van der Waals surface area contributed by atoms with Crippen LogP contribution >= 0.6 is 0 Å². The van der Waals surface area contributed by atoms with E-state index in [0.29, 0.717) is 24.3 Å². The summed E-state index contributed by atoms with van der Waals surface area (Å²) in [5.74, 6) is -0.125. The minimum absolute atomic E-state index is 0.0264. The average molecular weight is 299 g/mol. The number of amides is 1. The number of aryl methyl sites for hydroxylation is 1. The minimum Gasteiger partial charge on any atom is -0.335 e. The van der Waals surface area contributed by atoms with Crippen molar-refractivity contribution in [3.8, 4) is 0 Å². The molecule has 6 heteroatoms. The van der Waals surface area contributed by atoms with Gasteiger partial charge >= 0.3 is 0 Å². The van der Waals surface area contributed by atoms with E-state index in [2.05, 4.69) is 4.98 Å². The molecule has 0 aliphatic carbocycles. The third kappa shape index (κ3) is 3.46. The van der Waals surface area contributed by atoms with Crippen molar-refractivity contribution in [2.45, 2.75) is 20.4 Å². The van der Waals surface area contributed by atoms with E-state index in [1.165, 1.54) is 12.1 Å². The molecule has 0 saturated heterocycles. The third-order valence-corrected chi connectivity index (χ3v) is 3.40. The Morgan fingerprint density at radius 2 is 2.09 bits per heavy atom. The molecule has 1 aromatic heterocycles. The number of nitro groups is 1. The van der Waals surface area contributed by atoms with E-state index in [0.717, 1.165) is 5.56 Å². The van der Waals surface area contributed by atoms with Crippen molar-refractivity contribution in [3.05, 3.63) is 69.5 Å². The summed E-state index contributed by atoms with van der Waals surface area (Å²) in [5, 5.41) is 10.8. The lowest BCUT2D eigenvalue weighted by molar-refractivity contribution is -0.384. The Morgan fingerprint density at radius 1 is 1.32 bits per heavy atom. The molecule has 1 amide bonds. The van der Waals surface area contributed by atoms with Gasteiger partial charge in [-0.05, 0) is 31.5 Å². The van der Waals surface area contributed by atoms with Crippen molar-refractivity contribution in [2.24, 2.45) is 0 Å². The number of nitrogens with zero attached hydrogens (tertiary/aromatic N) is 3. The Labute approximate surface area is 128 Å². The molecule has 0 fully saturated rings. The lowest BCUT2D eigenvalue weighted by Gasteiger charge is -2.21. The molecular formula is C16H17N3O3. The number of hydrogen-bond acceptors (Lipinski definition) is 4. The van der Waals surface area contributed by atoms with E-state index >= 15 is 0 Å². The highest BCUT2D eigenvalue weighted by molar-refractivity contribution is 5.95. The van der Waals surface area contributed by atoms with Crippen molar-refractivity contribution in [2.75, 3.05) is 6.54 Å². The number of hydrogen-bond donors (Lipinski definition) is 0. The van der Waals surface area contributed by atoms with Gasteiger partial charge in [-0.1, -0.05) is 12.1 Å². The maximum Gasteiger partial charge on any atom is 0.269 e. The zero-order chi connectivity index (χ0) is 16.1. The molecule has 0 N–H and O–H groups in total. The topological polar surface area (TPSA) is 76.3 Å². The fraction of sp³-hybridized carbons (Fsp3) is 0.250.